The minimum absolute atomic E-state index is 0.156. The van der Waals surface area contributed by atoms with Gasteiger partial charge in [-0.2, -0.15) is 0 Å². The predicted molar refractivity (Wildman–Crippen MR) is 85.8 cm³/mol. The first-order valence-electron chi connectivity index (χ1n) is 7.47. The van der Waals surface area contributed by atoms with Gasteiger partial charge in [0.1, 0.15) is 0 Å². The van der Waals surface area contributed by atoms with E-state index in [4.69, 9.17) is 9.47 Å². The average Bonchev–Trinajstić information content (AvgIpc) is 2.45. The summed E-state index contributed by atoms with van der Waals surface area (Å²) in [6, 6.07) is 7.65. The highest BCUT2D eigenvalue weighted by Gasteiger charge is 2.20. The fraction of sp³-hybridized carbons (Fsp3) is 0.588. The summed E-state index contributed by atoms with van der Waals surface area (Å²) in [6.07, 6.45) is 1.72. The molecule has 118 valence electrons. The third-order valence-electron chi connectivity index (χ3n) is 3.32. The molecule has 1 atom stereocenters. The number of rotatable bonds is 8. The van der Waals surface area contributed by atoms with Crippen LogP contribution in [-0.2, 0) is 9.47 Å². The molecule has 0 aliphatic carbocycles. The minimum Gasteiger partial charge on any atom is -0.462 e. The fourth-order valence-electron chi connectivity index (χ4n) is 2.14. The number of hydrogen-bond acceptors (Lipinski definition) is 4. The van der Waals surface area contributed by atoms with Crippen LogP contribution >= 0.6 is 0 Å². The molecule has 1 N–H and O–H groups in total. The van der Waals surface area contributed by atoms with Gasteiger partial charge in [0, 0.05) is 18.8 Å². The van der Waals surface area contributed by atoms with E-state index in [1.807, 2.05) is 19.1 Å². The first-order valence-corrected chi connectivity index (χ1v) is 7.47. The summed E-state index contributed by atoms with van der Waals surface area (Å²) < 4.78 is 10.5. The van der Waals surface area contributed by atoms with Gasteiger partial charge >= 0.3 is 5.97 Å². The number of methoxy groups -OCH3 is 1. The quantitative estimate of drug-likeness (QED) is 0.739. The Bertz CT molecular complexity index is 440. The number of nitrogens with one attached hydrogen (secondary N) is 1. The van der Waals surface area contributed by atoms with Gasteiger partial charge in [-0.3, -0.25) is 0 Å². The smallest absolute Gasteiger partial charge is 0.338 e. The standard InChI is InChI=1S/C17H27NO3/c1-6-11-21-16(19)14-7-9-15(10-8-14)18-13(2)12-17(3,4)20-5/h7-10,13,18H,6,11-12H2,1-5H3. The molecule has 1 aromatic carbocycles. The van der Waals surface area contributed by atoms with Crippen LogP contribution in [0.2, 0.25) is 0 Å². The van der Waals surface area contributed by atoms with Crippen molar-refractivity contribution in [3.05, 3.63) is 29.8 Å². The molecule has 4 nitrogen and oxygen atoms in total. The highest BCUT2D eigenvalue weighted by atomic mass is 16.5. The molecule has 1 unspecified atom stereocenters. The van der Waals surface area contributed by atoms with Crippen molar-refractivity contribution >= 4 is 11.7 Å². The summed E-state index contributed by atoms with van der Waals surface area (Å²) in [5.41, 5.74) is 1.41. The van der Waals surface area contributed by atoms with Gasteiger partial charge in [-0.05, 0) is 57.9 Å². The largest absolute Gasteiger partial charge is 0.462 e. The van der Waals surface area contributed by atoms with E-state index in [0.717, 1.165) is 18.5 Å². The Morgan fingerprint density at radius 3 is 2.43 bits per heavy atom. The van der Waals surface area contributed by atoms with Crippen LogP contribution < -0.4 is 5.32 Å². The van der Waals surface area contributed by atoms with Crippen molar-refractivity contribution < 1.29 is 14.3 Å². The van der Waals surface area contributed by atoms with E-state index in [2.05, 4.69) is 26.1 Å². The van der Waals surface area contributed by atoms with Crippen LogP contribution in [0.15, 0.2) is 24.3 Å². The maximum atomic E-state index is 11.7. The molecule has 0 amide bonds. The lowest BCUT2D eigenvalue weighted by atomic mass is 9.99. The summed E-state index contributed by atoms with van der Waals surface area (Å²) in [6.45, 7) is 8.69. The SMILES string of the molecule is CCCOC(=O)c1ccc(NC(C)CC(C)(C)OC)cc1. The molecule has 0 spiro atoms. The van der Waals surface area contributed by atoms with Gasteiger partial charge in [0.25, 0.3) is 0 Å². The molecule has 1 rings (SSSR count). The molecule has 0 saturated carbocycles. The minimum atomic E-state index is -0.267. The molecular formula is C17H27NO3. The first kappa shape index (κ1) is 17.5. The van der Waals surface area contributed by atoms with E-state index in [-0.39, 0.29) is 17.6 Å². The molecule has 0 saturated heterocycles. The fourth-order valence-corrected chi connectivity index (χ4v) is 2.14. The molecule has 0 heterocycles. The highest BCUT2D eigenvalue weighted by molar-refractivity contribution is 5.89. The van der Waals surface area contributed by atoms with Gasteiger partial charge in [0.2, 0.25) is 0 Å². The van der Waals surface area contributed by atoms with Crippen LogP contribution in [-0.4, -0.2) is 31.3 Å². The molecule has 4 heteroatoms. The van der Waals surface area contributed by atoms with Gasteiger partial charge in [-0.15, -0.1) is 0 Å². The number of carbonyl (C=O) groups is 1. The Morgan fingerprint density at radius 2 is 1.90 bits per heavy atom. The van der Waals surface area contributed by atoms with Crippen LogP contribution in [0.3, 0.4) is 0 Å². The molecule has 0 aliphatic heterocycles. The van der Waals surface area contributed by atoms with Crippen molar-refractivity contribution in [2.75, 3.05) is 19.0 Å². The van der Waals surface area contributed by atoms with Crippen LogP contribution in [0.5, 0.6) is 0 Å². The highest BCUT2D eigenvalue weighted by Crippen LogP contribution is 2.19. The Morgan fingerprint density at radius 1 is 1.29 bits per heavy atom. The average molecular weight is 293 g/mol. The summed E-state index contributed by atoms with van der Waals surface area (Å²) in [4.78, 5) is 11.7. The van der Waals surface area contributed by atoms with Crippen molar-refractivity contribution in [3.8, 4) is 0 Å². The lowest BCUT2D eigenvalue weighted by Gasteiger charge is -2.27. The second-order valence-corrected chi connectivity index (χ2v) is 5.93. The van der Waals surface area contributed by atoms with Gasteiger partial charge in [-0.1, -0.05) is 6.92 Å². The van der Waals surface area contributed by atoms with Gasteiger partial charge < -0.3 is 14.8 Å². The van der Waals surface area contributed by atoms with E-state index < -0.39 is 0 Å². The Kier molecular flexibility index (Phi) is 6.69. The number of carbonyl (C=O) groups excluding carboxylic acids is 1. The van der Waals surface area contributed by atoms with Crippen molar-refractivity contribution in [1.29, 1.82) is 0 Å². The van der Waals surface area contributed by atoms with Crippen molar-refractivity contribution in [1.82, 2.24) is 0 Å². The van der Waals surface area contributed by atoms with Crippen molar-refractivity contribution in [2.24, 2.45) is 0 Å². The zero-order valence-electron chi connectivity index (χ0n) is 13.7. The zero-order valence-corrected chi connectivity index (χ0v) is 13.7. The molecule has 0 fully saturated rings. The number of ether oxygens (including phenoxy) is 2. The van der Waals surface area contributed by atoms with Crippen LogP contribution in [0.4, 0.5) is 5.69 Å². The van der Waals surface area contributed by atoms with E-state index in [0.29, 0.717) is 12.2 Å². The number of esters is 1. The molecule has 21 heavy (non-hydrogen) atoms. The Hall–Kier alpha value is -1.55. The van der Waals surface area contributed by atoms with E-state index in [1.165, 1.54) is 0 Å². The van der Waals surface area contributed by atoms with Crippen LogP contribution in [0, 0.1) is 0 Å². The third-order valence-corrected chi connectivity index (χ3v) is 3.32. The number of anilines is 1. The van der Waals surface area contributed by atoms with Gasteiger partial charge in [0.05, 0.1) is 17.8 Å². The number of hydrogen-bond donors (Lipinski definition) is 1. The number of benzene rings is 1. The summed E-state index contributed by atoms with van der Waals surface area (Å²) in [7, 11) is 1.73. The summed E-state index contributed by atoms with van der Waals surface area (Å²) in [5, 5.41) is 3.41. The third kappa shape index (κ3) is 6.17. The lowest BCUT2D eigenvalue weighted by Crippen LogP contribution is -2.31. The molecular weight excluding hydrogens is 266 g/mol. The molecule has 1 aromatic rings. The second kappa shape index (κ2) is 8.03. The Labute approximate surface area is 127 Å². The topological polar surface area (TPSA) is 47.6 Å². The van der Waals surface area contributed by atoms with Crippen LogP contribution in [0.1, 0.15) is 50.9 Å². The summed E-state index contributed by atoms with van der Waals surface area (Å²) in [5.74, 6) is -0.267. The zero-order chi connectivity index (χ0) is 15.9. The van der Waals surface area contributed by atoms with Gasteiger partial charge in [-0.25, -0.2) is 4.79 Å². The van der Waals surface area contributed by atoms with Crippen molar-refractivity contribution in [3.63, 3.8) is 0 Å². The van der Waals surface area contributed by atoms with Crippen LogP contribution in [0.25, 0.3) is 0 Å². The van der Waals surface area contributed by atoms with E-state index >= 15 is 0 Å². The molecule has 0 aliphatic rings. The maximum Gasteiger partial charge on any atom is 0.338 e. The van der Waals surface area contributed by atoms with Gasteiger partial charge in [0.15, 0.2) is 0 Å². The second-order valence-electron chi connectivity index (χ2n) is 5.93. The monoisotopic (exact) mass is 293 g/mol. The Balaban J connectivity index is 2.56. The first-order chi connectivity index (χ1) is 9.88. The molecule has 0 bridgehead atoms. The van der Waals surface area contributed by atoms with E-state index in [1.54, 1.807) is 19.2 Å². The predicted octanol–water partition coefficient (Wildman–Crippen LogP) is 3.87. The summed E-state index contributed by atoms with van der Waals surface area (Å²) >= 11 is 0. The van der Waals surface area contributed by atoms with Crippen molar-refractivity contribution in [2.45, 2.75) is 52.2 Å². The van der Waals surface area contributed by atoms with E-state index in [9.17, 15) is 4.79 Å². The maximum absolute atomic E-state index is 11.7. The molecule has 0 aromatic heterocycles. The molecule has 0 radical (unpaired) electrons. The lowest BCUT2D eigenvalue weighted by molar-refractivity contribution is 0.0128. The normalized spacial score (nSPS) is 12.8.